The molecule has 0 radical (unpaired) electrons. The van der Waals surface area contributed by atoms with Gasteiger partial charge in [0.05, 0.1) is 0 Å². The summed E-state index contributed by atoms with van der Waals surface area (Å²) in [5.41, 5.74) is 2.43. The van der Waals surface area contributed by atoms with Crippen molar-refractivity contribution in [1.29, 1.82) is 0 Å². The SMILES string of the molecule is C/N=C\c1cn(C)c2ccccc12. The second kappa shape index (κ2) is 3.05. The number of aliphatic imine (C=N–C) groups is 1. The second-order valence-electron chi connectivity index (χ2n) is 3.10. The van der Waals surface area contributed by atoms with Gasteiger partial charge in [-0.1, -0.05) is 18.2 Å². The zero-order chi connectivity index (χ0) is 9.26. The van der Waals surface area contributed by atoms with Gasteiger partial charge in [-0.15, -0.1) is 0 Å². The van der Waals surface area contributed by atoms with Crippen molar-refractivity contribution in [2.75, 3.05) is 7.05 Å². The molecule has 1 aromatic carbocycles. The third-order valence-corrected chi connectivity index (χ3v) is 2.20. The maximum atomic E-state index is 4.03. The molecule has 0 unspecified atom stereocenters. The molecule has 0 spiro atoms. The summed E-state index contributed by atoms with van der Waals surface area (Å²) in [6.07, 6.45) is 3.99. The fraction of sp³-hybridized carbons (Fsp3) is 0.182. The monoisotopic (exact) mass is 172 g/mol. The Hall–Kier alpha value is -1.57. The largest absolute Gasteiger partial charge is 0.350 e. The van der Waals surface area contributed by atoms with E-state index in [0.717, 1.165) is 0 Å². The minimum atomic E-state index is 1.18. The van der Waals surface area contributed by atoms with E-state index in [0.29, 0.717) is 0 Å². The van der Waals surface area contributed by atoms with Gasteiger partial charge < -0.3 is 4.57 Å². The smallest absolute Gasteiger partial charge is 0.0484 e. The molecule has 13 heavy (non-hydrogen) atoms. The predicted octanol–water partition coefficient (Wildman–Crippen LogP) is 2.23. The highest BCUT2D eigenvalue weighted by Gasteiger charge is 2.01. The quantitative estimate of drug-likeness (QED) is 0.587. The summed E-state index contributed by atoms with van der Waals surface area (Å²) in [7, 11) is 3.84. The van der Waals surface area contributed by atoms with E-state index in [1.54, 1.807) is 7.05 Å². The van der Waals surface area contributed by atoms with Crippen molar-refractivity contribution in [2.45, 2.75) is 0 Å². The molecular weight excluding hydrogens is 160 g/mol. The first kappa shape index (κ1) is 8.05. The molecule has 0 aliphatic heterocycles. The summed E-state index contributed by atoms with van der Waals surface area (Å²) in [5, 5.41) is 1.26. The van der Waals surface area contributed by atoms with Crippen molar-refractivity contribution in [3.8, 4) is 0 Å². The van der Waals surface area contributed by atoms with E-state index in [2.05, 4.69) is 47.1 Å². The van der Waals surface area contributed by atoms with Crippen molar-refractivity contribution in [2.24, 2.45) is 12.0 Å². The van der Waals surface area contributed by atoms with Crippen molar-refractivity contribution in [3.63, 3.8) is 0 Å². The molecule has 1 heterocycles. The lowest BCUT2D eigenvalue weighted by Gasteiger charge is -1.92. The summed E-state index contributed by atoms with van der Waals surface area (Å²) in [4.78, 5) is 4.03. The molecule has 0 aliphatic carbocycles. The molecular formula is C11H12N2. The van der Waals surface area contributed by atoms with Crippen LogP contribution in [0.15, 0.2) is 35.5 Å². The number of rotatable bonds is 1. The van der Waals surface area contributed by atoms with Gasteiger partial charge in [-0.05, 0) is 6.07 Å². The number of para-hydroxylation sites is 1. The lowest BCUT2D eigenvalue weighted by molar-refractivity contribution is 0.968. The molecule has 0 saturated heterocycles. The number of hydrogen-bond donors (Lipinski definition) is 0. The van der Waals surface area contributed by atoms with Gasteiger partial charge in [0, 0.05) is 43.0 Å². The molecule has 0 aliphatic rings. The Balaban J connectivity index is 2.77. The number of fused-ring (bicyclic) bond motifs is 1. The van der Waals surface area contributed by atoms with Gasteiger partial charge in [0.15, 0.2) is 0 Å². The van der Waals surface area contributed by atoms with Crippen LogP contribution in [0.4, 0.5) is 0 Å². The normalized spacial score (nSPS) is 11.5. The Morgan fingerprint density at radius 1 is 1.31 bits per heavy atom. The highest BCUT2D eigenvalue weighted by atomic mass is 14.9. The van der Waals surface area contributed by atoms with Crippen LogP contribution in [-0.4, -0.2) is 17.8 Å². The standard InChI is InChI=1S/C11H12N2/c1-12-7-9-8-13(2)11-6-4-3-5-10(9)11/h3-8H,1-2H3/b12-7-. The molecule has 0 amide bonds. The zero-order valence-corrected chi connectivity index (χ0v) is 7.86. The van der Waals surface area contributed by atoms with Crippen molar-refractivity contribution >= 4 is 17.1 Å². The van der Waals surface area contributed by atoms with Crippen LogP contribution in [-0.2, 0) is 7.05 Å². The third-order valence-electron chi connectivity index (χ3n) is 2.20. The van der Waals surface area contributed by atoms with E-state index in [1.165, 1.54) is 16.5 Å². The van der Waals surface area contributed by atoms with Gasteiger partial charge >= 0.3 is 0 Å². The van der Waals surface area contributed by atoms with Crippen molar-refractivity contribution in [1.82, 2.24) is 4.57 Å². The summed E-state index contributed by atoms with van der Waals surface area (Å²) in [6.45, 7) is 0. The highest BCUT2D eigenvalue weighted by Crippen LogP contribution is 2.18. The summed E-state index contributed by atoms with van der Waals surface area (Å²) < 4.78 is 2.12. The van der Waals surface area contributed by atoms with Gasteiger partial charge in [-0.25, -0.2) is 0 Å². The first-order chi connectivity index (χ1) is 6.33. The lowest BCUT2D eigenvalue weighted by Crippen LogP contribution is -1.81. The van der Waals surface area contributed by atoms with E-state index in [4.69, 9.17) is 0 Å². The lowest BCUT2D eigenvalue weighted by atomic mass is 10.2. The van der Waals surface area contributed by atoms with E-state index in [-0.39, 0.29) is 0 Å². The van der Waals surface area contributed by atoms with Crippen LogP contribution in [0, 0.1) is 0 Å². The van der Waals surface area contributed by atoms with E-state index >= 15 is 0 Å². The molecule has 2 rings (SSSR count). The summed E-state index contributed by atoms with van der Waals surface area (Å²) in [6, 6.07) is 8.33. The second-order valence-corrected chi connectivity index (χ2v) is 3.10. The van der Waals surface area contributed by atoms with E-state index in [1.807, 2.05) is 6.21 Å². The number of aryl methyl sites for hydroxylation is 1. The molecule has 1 aromatic heterocycles. The van der Waals surface area contributed by atoms with Gasteiger partial charge in [-0.2, -0.15) is 0 Å². The minimum Gasteiger partial charge on any atom is -0.350 e. The first-order valence-electron chi connectivity index (χ1n) is 4.29. The summed E-state index contributed by atoms with van der Waals surface area (Å²) >= 11 is 0. The molecule has 0 fully saturated rings. The Kier molecular flexibility index (Phi) is 1.89. The van der Waals surface area contributed by atoms with Crippen LogP contribution < -0.4 is 0 Å². The van der Waals surface area contributed by atoms with Crippen LogP contribution in [0.1, 0.15) is 5.56 Å². The first-order valence-corrected chi connectivity index (χ1v) is 4.29. The van der Waals surface area contributed by atoms with E-state index < -0.39 is 0 Å². The van der Waals surface area contributed by atoms with Gasteiger partial charge in [0.2, 0.25) is 0 Å². The van der Waals surface area contributed by atoms with Crippen LogP contribution in [0.2, 0.25) is 0 Å². The number of benzene rings is 1. The predicted molar refractivity (Wildman–Crippen MR) is 56.4 cm³/mol. The zero-order valence-electron chi connectivity index (χ0n) is 7.86. The molecule has 0 saturated carbocycles. The number of nitrogens with zero attached hydrogens (tertiary/aromatic N) is 2. The molecule has 66 valence electrons. The maximum absolute atomic E-state index is 4.03. The topological polar surface area (TPSA) is 17.3 Å². The minimum absolute atomic E-state index is 1.18. The highest BCUT2D eigenvalue weighted by molar-refractivity contribution is 5.99. The Labute approximate surface area is 77.5 Å². The van der Waals surface area contributed by atoms with Crippen LogP contribution in [0.5, 0.6) is 0 Å². The fourth-order valence-corrected chi connectivity index (χ4v) is 1.61. The molecule has 2 heteroatoms. The molecule has 0 bridgehead atoms. The molecule has 0 N–H and O–H groups in total. The third kappa shape index (κ3) is 1.24. The van der Waals surface area contributed by atoms with Crippen LogP contribution in [0.3, 0.4) is 0 Å². The molecule has 2 aromatic rings. The summed E-state index contributed by atoms with van der Waals surface area (Å²) in [5.74, 6) is 0. The Bertz CT molecular complexity index is 452. The van der Waals surface area contributed by atoms with Gasteiger partial charge in [-0.3, -0.25) is 4.99 Å². The fourth-order valence-electron chi connectivity index (χ4n) is 1.61. The van der Waals surface area contributed by atoms with Crippen LogP contribution >= 0.6 is 0 Å². The molecule has 2 nitrogen and oxygen atoms in total. The number of aromatic nitrogens is 1. The van der Waals surface area contributed by atoms with Gasteiger partial charge in [0.1, 0.15) is 0 Å². The Morgan fingerprint density at radius 2 is 2.08 bits per heavy atom. The van der Waals surface area contributed by atoms with Crippen molar-refractivity contribution < 1.29 is 0 Å². The average molecular weight is 172 g/mol. The Morgan fingerprint density at radius 3 is 2.85 bits per heavy atom. The van der Waals surface area contributed by atoms with E-state index in [9.17, 15) is 0 Å². The van der Waals surface area contributed by atoms with Gasteiger partial charge in [0.25, 0.3) is 0 Å². The van der Waals surface area contributed by atoms with Crippen LogP contribution in [0.25, 0.3) is 10.9 Å². The molecule has 0 atom stereocenters. The number of hydrogen-bond acceptors (Lipinski definition) is 1. The maximum Gasteiger partial charge on any atom is 0.0484 e. The average Bonchev–Trinajstić information content (AvgIpc) is 2.46. The van der Waals surface area contributed by atoms with Crippen molar-refractivity contribution in [3.05, 3.63) is 36.0 Å².